The van der Waals surface area contributed by atoms with Crippen LogP contribution in [0.2, 0.25) is 0 Å². The van der Waals surface area contributed by atoms with Crippen LogP contribution in [0.3, 0.4) is 0 Å². The highest BCUT2D eigenvalue weighted by molar-refractivity contribution is 5.97. The van der Waals surface area contributed by atoms with Gasteiger partial charge in [0.05, 0.1) is 0 Å². The van der Waals surface area contributed by atoms with Gasteiger partial charge in [0.2, 0.25) is 0 Å². The predicted octanol–water partition coefficient (Wildman–Crippen LogP) is 1.05. The second-order valence-corrected chi connectivity index (χ2v) is 5.80. The van der Waals surface area contributed by atoms with Gasteiger partial charge in [-0.3, -0.25) is 4.79 Å². The molecule has 0 aliphatic carbocycles. The first kappa shape index (κ1) is 16.9. The number of carboxylic acids is 1. The van der Waals surface area contributed by atoms with E-state index in [9.17, 15) is 14.7 Å². The van der Waals surface area contributed by atoms with Crippen molar-refractivity contribution in [1.82, 2.24) is 15.6 Å². The van der Waals surface area contributed by atoms with Crippen molar-refractivity contribution in [3.05, 3.63) is 59.8 Å². The van der Waals surface area contributed by atoms with Gasteiger partial charge in [0.15, 0.2) is 6.04 Å². The number of aliphatic carboxylic acids is 1. The summed E-state index contributed by atoms with van der Waals surface area (Å²) in [5.74, 6) is -0.813. The summed E-state index contributed by atoms with van der Waals surface area (Å²) in [7, 11) is 0. The van der Waals surface area contributed by atoms with E-state index in [0.717, 1.165) is 32.0 Å². The molecule has 2 aromatic rings. The van der Waals surface area contributed by atoms with Gasteiger partial charge < -0.3 is 20.6 Å². The Hall–Kier alpha value is -2.93. The Labute approximate surface area is 145 Å². The van der Waals surface area contributed by atoms with Crippen molar-refractivity contribution < 1.29 is 14.7 Å². The zero-order valence-corrected chi connectivity index (χ0v) is 13.7. The average Bonchev–Trinajstić information content (AvgIpc) is 2.67. The van der Waals surface area contributed by atoms with Crippen LogP contribution in [-0.4, -0.2) is 48.1 Å². The molecular weight excluding hydrogens is 320 g/mol. The summed E-state index contributed by atoms with van der Waals surface area (Å²) in [6.45, 7) is 3.38. The Morgan fingerprint density at radius 3 is 2.56 bits per heavy atom. The molecule has 1 fully saturated rings. The van der Waals surface area contributed by atoms with Crippen molar-refractivity contribution in [1.29, 1.82) is 0 Å². The largest absolute Gasteiger partial charge is 0.479 e. The molecule has 3 N–H and O–H groups in total. The molecule has 1 amide bonds. The van der Waals surface area contributed by atoms with Crippen molar-refractivity contribution in [2.75, 3.05) is 31.1 Å². The molecule has 0 bridgehead atoms. The van der Waals surface area contributed by atoms with Crippen LogP contribution < -0.4 is 15.5 Å². The third-order valence-corrected chi connectivity index (χ3v) is 4.10. The van der Waals surface area contributed by atoms with Crippen molar-refractivity contribution in [2.24, 2.45) is 0 Å². The first-order valence-corrected chi connectivity index (χ1v) is 8.15. The van der Waals surface area contributed by atoms with Crippen LogP contribution in [0.1, 0.15) is 22.0 Å². The van der Waals surface area contributed by atoms with E-state index < -0.39 is 17.9 Å². The topological polar surface area (TPSA) is 94.6 Å². The van der Waals surface area contributed by atoms with Gasteiger partial charge in [-0.1, -0.05) is 30.3 Å². The Balaban J connectivity index is 1.77. The third-order valence-electron chi connectivity index (χ3n) is 4.10. The van der Waals surface area contributed by atoms with Crippen LogP contribution in [0, 0.1) is 0 Å². The highest BCUT2D eigenvalue weighted by Crippen LogP contribution is 2.16. The number of carbonyl (C=O) groups excluding carboxylic acids is 1. The quantitative estimate of drug-likeness (QED) is 0.753. The van der Waals surface area contributed by atoms with E-state index in [1.807, 2.05) is 0 Å². The fraction of sp³-hybridized carbons (Fsp3) is 0.278. The number of hydrogen-bond donors (Lipinski definition) is 3. The summed E-state index contributed by atoms with van der Waals surface area (Å²) in [4.78, 5) is 30.5. The van der Waals surface area contributed by atoms with Crippen LogP contribution in [0.5, 0.6) is 0 Å². The van der Waals surface area contributed by atoms with Gasteiger partial charge in [-0.25, -0.2) is 9.78 Å². The van der Waals surface area contributed by atoms with Crippen LogP contribution in [0.15, 0.2) is 48.7 Å². The summed E-state index contributed by atoms with van der Waals surface area (Å²) >= 11 is 0. The van der Waals surface area contributed by atoms with E-state index in [-0.39, 0.29) is 0 Å². The predicted molar refractivity (Wildman–Crippen MR) is 93.6 cm³/mol. The first-order valence-electron chi connectivity index (χ1n) is 8.15. The molecule has 130 valence electrons. The first-order chi connectivity index (χ1) is 12.1. The van der Waals surface area contributed by atoms with Crippen molar-refractivity contribution in [3.8, 4) is 0 Å². The van der Waals surface area contributed by atoms with Crippen molar-refractivity contribution in [2.45, 2.75) is 6.04 Å². The molecule has 0 unspecified atom stereocenters. The monoisotopic (exact) mass is 340 g/mol. The standard InChI is InChI=1S/C18H20N4O3/c23-17(21-16(18(24)25)13-4-2-1-3-5-13)14-6-7-20-15(12-14)22-10-8-19-9-11-22/h1-7,12,16,19H,8-11H2,(H,21,23)(H,24,25)/t16-/m0/s1. The number of rotatable bonds is 5. The minimum atomic E-state index is -1.10. The van der Waals surface area contributed by atoms with E-state index in [1.54, 1.807) is 48.7 Å². The number of benzene rings is 1. The summed E-state index contributed by atoms with van der Waals surface area (Å²) in [5, 5.41) is 15.3. The molecule has 1 atom stereocenters. The minimum absolute atomic E-state index is 0.394. The second kappa shape index (κ2) is 7.76. The number of aromatic nitrogens is 1. The molecule has 7 nitrogen and oxygen atoms in total. The maximum Gasteiger partial charge on any atom is 0.330 e. The van der Waals surface area contributed by atoms with Crippen LogP contribution in [-0.2, 0) is 4.79 Å². The summed E-state index contributed by atoms with van der Waals surface area (Å²) in [6.07, 6.45) is 1.57. The average molecular weight is 340 g/mol. The molecule has 3 rings (SSSR count). The minimum Gasteiger partial charge on any atom is -0.479 e. The molecule has 0 saturated carbocycles. The van der Waals surface area contributed by atoms with Crippen LogP contribution >= 0.6 is 0 Å². The van der Waals surface area contributed by atoms with Gasteiger partial charge in [-0.15, -0.1) is 0 Å². The zero-order valence-electron chi connectivity index (χ0n) is 13.7. The number of hydrogen-bond acceptors (Lipinski definition) is 5. The Kier molecular flexibility index (Phi) is 5.25. The fourth-order valence-corrected chi connectivity index (χ4v) is 2.77. The molecule has 7 heteroatoms. The number of amides is 1. The molecule has 2 heterocycles. The lowest BCUT2D eigenvalue weighted by Crippen LogP contribution is -2.44. The molecule has 1 saturated heterocycles. The summed E-state index contributed by atoms with van der Waals surface area (Å²) in [5.41, 5.74) is 0.922. The number of pyridine rings is 1. The Morgan fingerprint density at radius 1 is 1.16 bits per heavy atom. The number of piperazine rings is 1. The molecule has 1 aromatic heterocycles. The lowest BCUT2D eigenvalue weighted by atomic mass is 10.1. The normalized spacial score (nSPS) is 15.4. The number of nitrogens with one attached hydrogen (secondary N) is 2. The molecule has 1 aliphatic heterocycles. The molecule has 0 spiro atoms. The van der Waals surface area contributed by atoms with Gasteiger partial charge in [-0.05, 0) is 17.7 Å². The van der Waals surface area contributed by atoms with Crippen LogP contribution in [0.4, 0.5) is 5.82 Å². The molecule has 1 aromatic carbocycles. The SMILES string of the molecule is O=C(N[C@H](C(=O)O)c1ccccc1)c1ccnc(N2CCNCC2)c1. The summed E-state index contributed by atoms with van der Waals surface area (Å²) in [6, 6.07) is 10.8. The van der Waals surface area contributed by atoms with Gasteiger partial charge in [-0.2, -0.15) is 0 Å². The zero-order chi connectivity index (χ0) is 17.6. The van der Waals surface area contributed by atoms with Gasteiger partial charge in [0.1, 0.15) is 5.82 Å². The number of carboxylic acid groups (broad SMARTS) is 1. The van der Waals surface area contributed by atoms with E-state index in [2.05, 4.69) is 20.5 Å². The van der Waals surface area contributed by atoms with E-state index >= 15 is 0 Å². The lowest BCUT2D eigenvalue weighted by molar-refractivity contribution is -0.139. The summed E-state index contributed by atoms with van der Waals surface area (Å²) < 4.78 is 0. The van der Waals surface area contributed by atoms with E-state index in [0.29, 0.717) is 11.1 Å². The molecule has 1 aliphatic rings. The van der Waals surface area contributed by atoms with Crippen LogP contribution in [0.25, 0.3) is 0 Å². The van der Waals surface area contributed by atoms with Gasteiger partial charge in [0, 0.05) is 37.9 Å². The molecular formula is C18H20N4O3. The van der Waals surface area contributed by atoms with Gasteiger partial charge in [0.25, 0.3) is 5.91 Å². The number of nitrogens with zero attached hydrogens (tertiary/aromatic N) is 2. The maximum absolute atomic E-state index is 12.5. The smallest absolute Gasteiger partial charge is 0.330 e. The maximum atomic E-state index is 12.5. The Bertz CT molecular complexity index is 745. The Morgan fingerprint density at radius 2 is 1.88 bits per heavy atom. The second-order valence-electron chi connectivity index (χ2n) is 5.80. The highest BCUT2D eigenvalue weighted by atomic mass is 16.4. The van der Waals surface area contributed by atoms with Gasteiger partial charge >= 0.3 is 5.97 Å². The van der Waals surface area contributed by atoms with Crippen molar-refractivity contribution in [3.63, 3.8) is 0 Å². The third kappa shape index (κ3) is 4.13. The van der Waals surface area contributed by atoms with Crippen molar-refractivity contribution >= 4 is 17.7 Å². The lowest BCUT2D eigenvalue weighted by Gasteiger charge is -2.28. The molecule has 0 radical (unpaired) electrons. The van der Waals surface area contributed by atoms with E-state index in [1.165, 1.54) is 0 Å². The number of carbonyl (C=O) groups is 2. The highest BCUT2D eigenvalue weighted by Gasteiger charge is 2.23. The fourth-order valence-electron chi connectivity index (χ4n) is 2.77. The van der Waals surface area contributed by atoms with E-state index in [4.69, 9.17) is 0 Å². The number of anilines is 1. The molecule has 25 heavy (non-hydrogen) atoms.